The third kappa shape index (κ3) is 3.02. The fraction of sp³-hybridized carbons (Fsp3) is 0.786. The lowest BCUT2D eigenvalue weighted by atomic mass is 9.99. The number of rotatable bonds is 5. The van der Waals surface area contributed by atoms with Crippen LogP contribution in [0.3, 0.4) is 0 Å². The van der Waals surface area contributed by atoms with Crippen LogP contribution in [0.15, 0.2) is 0 Å². The molecule has 0 bridgehead atoms. The number of aliphatic hydroxyl groups is 1. The Balaban J connectivity index is 1.94. The molecule has 1 heterocycles. The number of imide groups is 1. The molecule has 4 amide bonds. The van der Waals surface area contributed by atoms with Gasteiger partial charge in [-0.1, -0.05) is 13.3 Å². The standard InChI is InChI=1S/C14H23N3O4/c1-3-14(2)12(20)17(13(21)16-14)7-11(19)15-10-6-4-5-9(10)8-18/h9-10,18H,3-8H2,1-2H3,(H,15,19)(H,16,21). The van der Waals surface area contributed by atoms with Crippen molar-refractivity contribution >= 4 is 17.8 Å². The molecule has 1 aliphatic heterocycles. The number of aliphatic hydroxyl groups excluding tert-OH is 1. The number of urea groups is 1. The number of carbonyl (C=O) groups is 3. The molecule has 0 spiro atoms. The van der Waals surface area contributed by atoms with Gasteiger partial charge in [-0.05, 0) is 26.2 Å². The van der Waals surface area contributed by atoms with E-state index in [0.717, 1.165) is 24.2 Å². The van der Waals surface area contributed by atoms with Crippen molar-refractivity contribution in [3.8, 4) is 0 Å². The van der Waals surface area contributed by atoms with Crippen molar-refractivity contribution in [1.29, 1.82) is 0 Å². The summed E-state index contributed by atoms with van der Waals surface area (Å²) in [6.45, 7) is 3.24. The third-order valence-corrected chi connectivity index (χ3v) is 4.59. The lowest BCUT2D eigenvalue weighted by Gasteiger charge is -2.21. The molecular formula is C14H23N3O4. The summed E-state index contributed by atoms with van der Waals surface area (Å²) >= 11 is 0. The second-order valence-electron chi connectivity index (χ2n) is 6.05. The maximum absolute atomic E-state index is 12.2. The fourth-order valence-electron chi connectivity index (χ4n) is 2.97. The molecule has 3 atom stereocenters. The smallest absolute Gasteiger partial charge is 0.325 e. The van der Waals surface area contributed by atoms with Gasteiger partial charge in [0.2, 0.25) is 5.91 Å². The van der Waals surface area contributed by atoms with Gasteiger partial charge < -0.3 is 15.7 Å². The largest absolute Gasteiger partial charge is 0.396 e. The van der Waals surface area contributed by atoms with Crippen LogP contribution in [0.1, 0.15) is 39.5 Å². The van der Waals surface area contributed by atoms with E-state index in [4.69, 9.17) is 0 Å². The Morgan fingerprint density at radius 2 is 2.19 bits per heavy atom. The van der Waals surface area contributed by atoms with Crippen molar-refractivity contribution in [2.45, 2.75) is 51.1 Å². The molecule has 2 fully saturated rings. The minimum absolute atomic E-state index is 0.0436. The first-order valence-electron chi connectivity index (χ1n) is 7.45. The quantitative estimate of drug-likeness (QED) is 0.621. The van der Waals surface area contributed by atoms with Gasteiger partial charge >= 0.3 is 6.03 Å². The second-order valence-corrected chi connectivity index (χ2v) is 6.05. The van der Waals surface area contributed by atoms with Crippen LogP contribution >= 0.6 is 0 Å². The van der Waals surface area contributed by atoms with Crippen LogP contribution in [0.2, 0.25) is 0 Å². The second kappa shape index (κ2) is 6.01. The normalized spacial score (nSPS) is 32.4. The number of nitrogens with zero attached hydrogens (tertiary/aromatic N) is 1. The fourth-order valence-corrected chi connectivity index (χ4v) is 2.97. The van der Waals surface area contributed by atoms with E-state index in [0.29, 0.717) is 6.42 Å². The van der Waals surface area contributed by atoms with Gasteiger partial charge in [0.05, 0.1) is 0 Å². The van der Waals surface area contributed by atoms with Crippen LogP contribution in [-0.4, -0.2) is 52.6 Å². The molecule has 0 aromatic rings. The Kier molecular flexibility index (Phi) is 4.51. The number of nitrogens with one attached hydrogen (secondary N) is 2. The van der Waals surface area contributed by atoms with Gasteiger partial charge in [0.25, 0.3) is 5.91 Å². The maximum Gasteiger partial charge on any atom is 0.325 e. The summed E-state index contributed by atoms with van der Waals surface area (Å²) < 4.78 is 0. The molecule has 2 aliphatic rings. The Morgan fingerprint density at radius 3 is 2.76 bits per heavy atom. The first-order valence-corrected chi connectivity index (χ1v) is 7.45. The predicted molar refractivity (Wildman–Crippen MR) is 75.3 cm³/mol. The zero-order valence-corrected chi connectivity index (χ0v) is 12.5. The molecule has 1 aliphatic carbocycles. The predicted octanol–water partition coefficient (Wildman–Crippen LogP) is -0.0159. The molecule has 21 heavy (non-hydrogen) atoms. The van der Waals surface area contributed by atoms with Crippen molar-refractivity contribution in [2.75, 3.05) is 13.2 Å². The zero-order valence-electron chi connectivity index (χ0n) is 12.5. The van der Waals surface area contributed by atoms with Crippen LogP contribution < -0.4 is 10.6 Å². The Labute approximate surface area is 124 Å². The molecular weight excluding hydrogens is 274 g/mol. The number of amides is 4. The van der Waals surface area contributed by atoms with E-state index in [2.05, 4.69) is 10.6 Å². The number of carbonyl (C=O) groups excluding carboxylic acids is 3. The van der Waals surface area contributed by atoms with E-state index in [-0.39, 0.29) is 36.9 Å². The number of hydrogen-bond acceptors (Lipinski definition) is 4. The van der Waals surface area contributed by atoms with E-state index in [9.17, 15) is 19.5 Å². The molecule has 118 valence electrons. The van der Waals surface area contributed by atoms with Gasteiger partial charge in [0.1, 0.15) is 12.1 Å². The van der Waals surface area contributed by atoms with Gasteiger partial charge in [-0.2, -0.15) is 0 Å². The molecule has 1 saturated heterocycles. The zero-order chi connectivity index (χ0) is 15.6. The molecule has 0 aromatic carbocycles. The molecule has 0 radical (unpaired) electrons. The average molecular weight is 297 g/mol. The topological polar surface area (TPSA) is 98.7 Å². The SMILES string of the molecule is CCC1(C)NC(=O)N(CC(=O)NC2CCCC2CO)C1=O. The summed E-state index contributed by atoms with van der Waals surface area (Å²) in [5.41, 5.74) is -0.918. The summed E-state index contributed by atoms with van der Waals surface area (Å²) in [5, 5.41) is 14.7. The van der Waals surface area contributed by atoms with Gasteiger partial charge in [-0.3, -0.25) is 14.5 Å². The Bertz CT molecular complexity index is 454. The molecule has 3 unspecified atom stereocenters. The van der Waals surface area contributed by atoms with Crippen molar-refractivity contribution in [3.63, 3.8) is 0 Å². The Morgan fingerprint density at radius 1 is 1.48 bits per heavy atom. The van der Waals surface area contributed by atoms with E-state index in [1.165, 1.54) is 0 Å². The summed E-state index contributed by atoms with van der Waals surface area (Å²) in [7, 11) is 0. The van der Waals surface area contributed by atoms with Gasteiger partial charge in [-0.15, -0.1) is 0 Å². The highest BCUT2D eigenvalue weighted by atomic mass is 16.3. The van der Waals surface area contributed by atoms with Gasteiger partial charge in [0, 0.05) is 18.6 Å². The van der Waals surface area contributed by atoms with E-state index < -0.39 is 11.6 Å². The highest BCUT2D eigenvalue weighted by Crippen LogP contribution is 2.25. The minimum Gasteiger partial charge on any atom is -0.396 e. The average Bonchev–Trinajstić information content (AvgIpc) is 2.97. The number of hydrogen-bond donors (Lipinski definition) is 3. The van der Waals surface area contributed by atoms with Gasteiger partial charge in [-0.25, -0.2) is 4.79 Å². The van der Waals surface area contributed by atoms with E-state index in [1.54, 1.807) is 6.92 Å². The molecule has 0 aromatic heterocycles. The highest BCUT2D eigenvalue weighted by molar-refractivity contribution is 6.08. The summed E-state index contributed by atoms with van der Waals surface area (Å²) in [4.78, 5) is 37.0. The van der Waals surface area contributed by atoms with Crippen LogP contribution in [0.5, 0.6) is 0 Å². The highest BCUT2D eigenvalue weighted by Gasteiger charge is 2.47. The van der Waals surface area contributed by atoms with Crippen molar-refractivity contribution < 1.29 is 19.5 Å². The maximum atomic E-state index is 12.2. The summed E-state index contributed by atoms with van der Waals surface area (Å²) in [5.74, 6) is -0.655. The van der Waals surface area contributed by atoms with Crippen molar-refractivity contribution in [1.82, 2.24) is 15.5 Å². The molecule has 1 saturated carbocycles. The van der Waals surface area contributed by atoms with Crippen molar-refractivity contribution in [3.05, 3.63) is 0 Å². The summed E-state index contributed by atoms with van der Waals surface area (Å²) in [6.07, 6.45) is 3.15. The third-order valence-electron chi connectivity index (χ3n) is 4.59. The molecule has 7 heteroatoms. The molecule has 7 nitrogen and oxygen atoms in total. The monoisotopic (exact) mass is 297 g/mol. The lowest BCUT2D eigenvalue weighted by molar-refractivity contribution is -0.135. The lowest BCUT2D eigenvalue weighted by Crippen LogP contribution is -2.47. The summed E-state index contributed by atoms with van der Waals surface area (Å²) in [6, 6.07) is -0.592. The van der Waals surface area contributed by atoms with Gasteiger partial charge in [0.15, 0.2) is 0 Å². The van der Waals surface area contributed by atoms with E-state index in [1.807, 2.05) is 6.92 Å². The van der Waals surface area contributed by atoms with E-state index >= 15 is 0 Å². The van der Waals surface area contributed by atoms with Crippen LogP contribution in [0.25, 0.3) is 0 Å². The van der Waals surface area contributed by atoms with Crippen LogP contribution in [0, 0.1) is 5.92 Å². The first kappa shape index (κ1) is 15.8. The van der Waals surface area contributed by atoms with Crippen LogP contribution in [-0.2, 0) is 9.59 Å². The minimum atomic E-state index is -0.918. The first-order chi connectivity index (χ1) is 9.91. The van der Waals surface area contributed by atoms with Crippen molar-refractivity contribution in [2.24, 2.45) is 5.92 Å². The Hall–Kier alpha value is -1.63. The van der Waals surface area contributed by atoms with Crippen LogP contribution in [0.4, 0.5) is 4.79 Å². The molecule has 2 rings (SSSR count). The molecule has 3 N–H and O–H groups in total.